The number of para-hydroxylation sites is 1. The van der Waals surface area contributed by atoms with Gasteiger partial charge in [-0.05, 0) is 29.3 Å². The van der Waals surface area contributed by atoms with E-state index in [1.165, 1.54) is 11.1 Å². The van der Waals surface area contributed by atoms with E-state index >= 15 is 0 Å². The number of aliphatic imine (C=N–C) groups is 1. The molecule has 3 nitrogen and oxygen atoms in total. The Morgan fingerprint density at radius 1 is 0.913 bits per heavy atom. The fraction of sp³-hybridized carbons (Fsp3) is 0.150. The quantitative estimate of drug-likeness (QED) is 0.866. The van der Waals surface area contributed by atoms with Gasteiger partial charge >= 0.3 is 0 Å². The fourth-order valence-electron chi connectivity index (χ4n) is 2.34. The zero-order valence-corrected chi connectivity index (χ0v) is 13.1. The summed E-state index contributed by atoms with van der Waals surface area (Å²) in [6.07, 6.45) is 8.89. The zero-order chi connectivity index (χ0) is 15.7. The Kier molecular flexibility index (Phi) is 5.25. The van der Waals surface area contributed by atoms with Crippen LogP contribution >= 0.6 is 0 Å². The van der Waals surface area contributed by atoms with E-state index in [0.29, 0.717) is 6.54 Å². The van der Waals surface area contributed by atoms with Gasteiger partial charge in [-0.2, -0.15) is 0 Å². The van der Waals surface area contributed by atoms with Crippen LogP contribution in [-0.2, 0) is 13.1 Å². The highest BCUT2D eigenvalue weighted by Gasteiger charge is 1.98. The average molecular weight is 303 g/mol. The van der Waals surface area contributed by atoms with E-state index in [1.54, 1.807) is 0 Å². The molecular weight excluding hydrogens is 282 g/mol. The summed E-state index contributed by atoms with van der Waals surface area (Å²) in [5, 5.41) is 6.62. The number of allylic oxidation sites excluding steroid dienone is 2. The Morgan fingerprint density at radius 3 is 2.52 bits per heavy atom. The van der Waals surface area contributed by atoms with Gasteiger partial charge in [-0.1, -0.05) is 54.6 Å². The van der Waals surface area contributed by atoms with Crippen molar-refractivity contribution in [3.05, 3.63) is 90.2 Å². The van der Waals surface area contributed by atoms with Crippen LogP contribution in [0, 0.1) is 0 Å². The first-order valence-corrected chi connectivity index (χ1v) is 7.88. The van der Waals surface area contributed by atoms with Crippen LogP contribution in [0.2, 0.25) is 0 Å². The summed E-state index contributed by atoms with van der Waals surface area (Å²) >= 11 is 0. The molecule has 2 aromatic carbocycles. The topological polar surface area (TPSA) is 36.4 Å². The molecule has 0 fully saturated rings. The van der Waals surface area contributed by atoms with Crippen LogP contribution in [0.15, 0.2) is 84.0 Å². The third-order valence-electron chi connectivity index (χ3n) is 3.65. The summed E-state index contributed by atoms with van der Waals surface area (Å²) in [5.74, 6) is 1.00. The third kappa shape index (κ3) is 4.85. The molecule has 0 spiro atoms. The van der Waals surface area contributed by atoms with Crippen LogP contribution in [0.5, 0.6) is 0 Å². The van der Waals surface area contributed by atoms with Crippen molar-refractivity contribution < 1.29 is 0 Å². The van der Waals surface area contributed by atoms with Gasteiger partial charge in [0.15, 0.2) is 0 Å². The van der Waals surface area contributed by atoms with E-state index in [1.807, 2.05) is 36.6 Å². The lowest BCUT2D eigenvalue weighted by atomic mass is 10.1. The molecule has 3 rings (SSSR count). The van der Waals surface area contributed by atoms with Crippen molar-refractivity contribution in [1.82, 2.24) is 5.32 Å². The van der Waals surface area contributed by atoms with Crippen LogP contribution in [0.1, 0.15) is 17.5 Å². The molecule has 116 valence electrons. The average Bonchev–Trinajstić information content (AvgIpc) is 2.89. The number of anilines is 1. The predicted molar refractivity (Wildman–Crippen MR) is 97.4 cm³/mol. The van der Waals surface area contributed by atoms with Crippen molar-refractivity contribution in [3.63, 3.8) is 0 Å². The molecule has 23 heavy (non-hydrogen) atoms. The lowest BCUT2D eigenvalue weighted by Gasteiger charge is -2.07. The maximum Gasteiger partial charge on any atom is 0.104 e. The van der Waals surface area contributed by atoms with E-state index in [0.717, 1.165) is 24.5 Å². The molecule has 1 aliphatic rings. The van der Waals surface area contributed by atoms with Crippen molar-refractivity contribution in [2.75, 3.05) is 5.32 Å². The first-order valence-electron chi connectivity index (χ1n) is 7.88. The number of amidine groups is 1. The summed E-state index contributed by atoms with van der Waals surface area (Å²) in [6.45, 7) is 1.53. The minimum Gasteiger partial charge on any atom is -0.381 e. The van der Waals surface area contributed by atoms with Gasteiger partial charge in [0.05, 0.1) is 6.54 Å². The second-order valence-corrected chi connectivity index (χ2v) is 5.43. The highest BCUT2D eigenvalue weighted by atomic mass is 15.0. The van der Waals surface area contributed by atoms with Crippen molar-refractivity contribution in [1.29, 1.82) is 0 Å². The molecule has 1 heterocycles. The Hall–Kier alpha value is -2.81. The Labute approximate surface area is 137 Å². The molecule has 0 amide bonds. The van der Waals surface area contributed by atoms with Gasteiger partial charge in [-0.3, -0.25) is 4.99 Å². The summed E-state index contributed by atoms with van der Waals surface area (Å²) in [6, 6.07) is 18.9. The first kappa shape index (κ1) is 15.1. The van der Waals surface area contributed by atoms with Crippen LogP contribution in [0.4, 0.5) is 5.69 Å². The number of nitrogens with one attached hydrogen (secondary N) is 2. The van der Waals surface area contributed by atoms with Crippen molar-refractivity contribution >= 4 is 11.5 Å². The predicted octanol–water partition coefficient (Wildman–Crippen LogP) is 4.26. The number of nitrogens with zero attached hydrogens (tertiary/aromatic N) is 1. The molecule has 2 N–H and O–H groups in total. The normalized spacial score (nSPS) is 15.2. The van der Waals surface area contributed by atoms with E-state index in [4.69, 9.17) is 0 Å². The molecule has 0 radical (unpaired) electrons. The molecule has 0 saturated heterocycles. The third-order valence-corrected chi connectivity index (χ3v) is 3.65. The Balaban J connectivity index is 1.53. The highest BCUT2D eigenvalue weighted by molar-refractivity contribution is 5.84. The van der Waals surface area contributed by atoms with Gasteiger partial charge in [0, 0.05) is 24.9 Å². The molecule has 0 saturated carbocycles. The smallest absolute Gasteiger partial charge is 0.104 e. The summed E-state index contributed by atoms with van der Waals surface area (Å²) in [4.78, 5) is 4.62. The van der Waals surface area contributed by atoms with Crippen LogP contribution in [0.3, 0.4) is 0 Å². The van der Waals surface area contributed by atoms with Crippen LogP contribution < -0.4 is 10.6 Å². The zero-order valence-electron chi connectivity index (χ0n) is 13.1. The van der Waals surface area contributed by atoms with Crippen molar-refractivity contribution in [2.45, 2.75) is 19.5 Å². The van der Waals surface area contributed by atoms with Gasteiger partial charge in [0.1, 0.15) is 5.84 Å². The van der Waals surface area contributed by atoms with Crippen molar-refractivity contribution in [2.24, 2.45) is 4.99 Å². The maximum atomic E-state index is 4.62. The highest BCUT2D eigenvalue weighted by Crippen LogP contribution is 2.10. The van der Waals surface area contributed by atoms with E-state index in [-0.39, 0.29) is 0 Å². The fourth-order valence-corrected chi connectivity index (χ4v) is 2.34. The second kappa shape index (κ2) is 7.99. The number of hydrogen-bond acceptors (Lipinski definition) is 2. The van der Waals surface area contributed by atoms with Gasteiger partial charge < -0.3 is 10.6 Å². The number of hydrogen-bond donors (Lipinski definition) is 2. The van der Waals surface area contributed by atoms with Gasteiger partial charge in [-0.25, -0.2) is 0 Å². The minimum atomic E-state index is 0.705. The summed E-state index contributed by atoms with van der Waals surface area (Å²) < 4.78 is 0. The molecule has 0 bridgehead atoms. The Morgan fingerprint density at radius 2 is 1.70 bits per heavy atom. The molecule has 0 atom stereocenters. The lowest BCUT2D eigenvalue weighted by molar-refractivity contribution is 1.02. The molecular formula is C20H21N3. The molecule has 2 aromatic rings. The largest absolute Gasteiger partial charge is 0.381 e. The van der Waals surface area contributed by atoms with Gasteiger partial charge in [-0.15, -0.1) is 0 Å². The van der Waals surface area contributed by atoms with Crippen LogP contribution in [0.25, 0.3) is 0 Å². The SMILES string of the molecule is C1=CCC(=NCc2ccc(CNc3ccccc3)cc2)NC=C1. The number of rotatable bonds is 5. The number of benzene rings is 2. The molecule has 0 aliphatic carbocycles. The monoisotopic (exact) mass is 303 g/mol. The lowest BCUT2D eigenvalue weighted by Crippen LogP contribution is -2.15. The standard InChI is InChI=1S/C20H21N3/c1-3-7-19(8-4-1)22-15-17-10-12-18(13-11-17)16-23-20-9-5-2-6-14-21-20/h1-8,10-14,22H,9,15-16H2,(H,21,23). The molecule has 0 unspecified atom stereocenters. The maximum absolute atomic E-state index is 4.62. The molecule has 1 aliphatic heterocycles. The summed E-state index contributed by atoms with van der Waals surface area (Å²) in [5.41, 5.74) is 3.63. The Bertz CT molecular complexity index is 681. The van der Waals surface area contributed by atoms with Gasteiger partial charge in [0.25, 0.3) is 0 Å². The van der Waals surface area contributed by atoms with Crippen LogP contribution in [-0.4, -0.2) is 5.84 Å². The van der Waals surface area contributed by atoms with E-state index in [9.17, 15) is 0 Å². The second-order valence-electron chi connectivity index (χ2n) is 5.43. The van der Waals surface area contributed by atoms with Crippen molar-refractivity contribution in [3.8, 4) is 0 Å². The molecule has 0 aromatic heterocycles. The molecule has 3 heteroatoms. The van der Waals surface area contributed by atoms with E-state index in [2.05, 4.69) is 58.1 Å². The minimum absolute atomic E-state index is 0.705. The van der Waals surface area contributed by atoms with E-state index < -0.39 is 0 Å². The van der Waals surface area contributed by atoms with Gasteiger partial charge in [0.2, 0.25) is 0 Å². The summed E-state index contributed by atoms with van der Waals surface area (Å²) in [7, 11) is 0. The first-order chi connectivity index (χ1) is 11.4.